The van der Waals surface area contributed by atoms with Crippen LogP contribution in [0.4, 0.5) is 4.39 Å². The predicted octanol–water partition coefficient (Wildman–Crippen LogP) is 2.71. The third-order valence-electron chi connectivity index (χ3n) is 2.91. The Morgan fingerprint density at radius 2 is 2.13 bits per heavy atom. The van der Waals surface area contributed by atoms with E-state index in [1.807, 2.05) is 0 Å². The Bertz CT molecular complexity index is 370. The molecule has 0 saturated heterocycles. The molecule has 2 nitrogen and oxygen atoms in total. The lowest BCUT2D eigenvalue weighted by molar-refractivity contribution is 0.147. The Morgan fingerprint density at radius 1 is 1.47 bits per heavy atom. The van der Waals surface area contributed by atoms with E-state index in [2.05, 4.69) is 0 Å². The van der Waals surface area contributed by atoms with Crippen LogP contribution in [0.25, 0.3) is 0 Å². The molecule has 1 unspecified atom stereocenters. The number of benzene rings is 1. The Balaban J connectivity index is 2.44. The van der Waals surface area contributed by atoms with Gasteiger partial charge in [0.1, 0.15) is 11.9 Å². The summed E-state index contributed by atoms with van der Waals surface area (Å²) in [6, 6.07) is 5.12. The van der Waals surface area contributed by atoms with E-state index in [-0.39, 0.29) is 0 Å². The van der Waals surface area contributed by atoms with Gasteiger partial charge in [0.25, 0.3) is 0 Å². The van der Waals surface area contributed by atoms with Gasteiger partial charge in [0, 0.05) is 5.56 Å². The zero-order chi connectivity index (χ0) is 11.1. The highest BCUT2D eigenvalue weighted by Gasteiger charge is 2.44. The molecule has 15 heavy (non-hydrogen) atoms. The van der Waals surface area contributed by atoms with E-state index in [1.165, 1.54) is 6.92 Å². The Labute approximate surface area is 88.7 Å². The summed E-state index contributed by atoms with van der Waals surface area (Å²) in [6.07, 6.45) is 0.443. The molecule has 0 radical (unpaired) electrons. The van der Waals surface area contributed by atoms with Crippen LogP contribution < -0.4 is 4.74 Å². The first-order valence-electron chi connectivity index (χ1n) is 5.12. The Morgan fingerprint density at radius 3 is 2.60 bits per heavy atom. The van der Waals surface area contributed by atoms with Crippen molar-refractivity contribution in [1.29, 1.82) is 0 Å². The number of aliphatic hydroxyl groups is 1. The van der Waals surface area contributed by atoms with Crippen molar-refractivity contribution >= 4 is 0 Å². The first-order valence-corrected chi connectivity index (χ1v) is 5.12. The van der Waals surface area contributed by atoms with Crippen LogP contribution in [0.1, 0.15) is 37.1 Å². The summed E-state index contributed by atoms with van der Waals surface area (Å²) < 4.78 is 18.3. The zero-order valence-electron chi connectivity index (χ0n) is 8.96. The largest absolute Gasteiger partial charge is 0.496 e. The molecule has 1 fully saturated rings. The molecule has 82 valence electrons. The fraction of sp³-hybridized carbons (Fsp3) is 0.500. The summed E-state index contributed by atoms with van der Waals surface area (Å²) in [5.41, 5.74) is 0.522. The standard InChI is InChI=1S/C12H15FO2/c1-8(13)9-3-4-11(15-2)10(7-9)12(14)5-6-12/h3-4,7-8,14H,5-6H2,1-2H3. The number of ether oxygens (including phenoxy) is 1. The van der Waals surface area contributed by atoms with Crippen LogP contribution in [0.5, 0.6) is 5.75 Å². The van der Waals surface area contributed by atoms with E-state index < -0.39 is 11.8 Å². The van der Waals surface area contributed by atoms with E-state index in [4.69, 9.17) is 4.74 Å². The van der Waals surface area contributed by atoms with Crippen LogP contribution in [-0.4, -0.2) is 12.2 Å². The maximum absolute atomic E-state index is 13.1. The minimum Gasteiger partial charge on any atom is -0.496 e. The molecule has 2 rings (SSSR count). The first-order chi connectivity index (χ1) is 7.07. The van der Waals surface area contributed by atoms with Gasteiger partial charge in [0.05, 0.1) is 12.7 Å². The quantitative estimate of drug-likeness (QED) is 0.831. The molecule has 0 bridgehead atoms. The highest BCUT2D eigenvalue weighted by Crippen LogP contribution is 2.49. The fourth-order valence-corrected chi connectivity index (χ4v) is 1.72. The molecule has 0 amide bonds. The van der Waals surface area contributed by atoms with Gasteiger partial charge in [-0.2, -0.15) is 0 Å². The molecule has 0 aromatic heterocycles. The SMILES string of the molecule is COc1ccc(C(C)F)cc1C1(O)CC1. The molecular weight excluding hydrogens is 195 g/mol. The number of alkyl halides is 1. The number of hydrogen-bond donors (Lipinski definition) is 1. The molecule has 1 N–H and O–H groups in total. The van der Waals surface area contributed by atoms with Gasteiger partial charge in [0.15, 0.2) is 0 Å². The maximum atomic E-state index is 13.1. The van der Waals surface area contributed by atoms with E-state index in [0.29, 0.717) is 16.9 Å². The third kappa shape index (κ3) is 1.84. The lowest BCUT2D eigenvalue weighted by Gasteiger charge is -2.15. The summed E-state index contributed by atoms with van der Waals surface area (Å²) >= 11 is 0. The van der Waals surface area contributed by atoms with Gasteiger partial charge in [0.2, 0.25) is 0 Å². The van der Waals surface area contributed by atoms with Gasteiger partial charge in [-0.05, 0) is 37.5 Å². The van der Waals surface area contributed by atoms with E-state index >= 15 is 0 Å². The molecule has 0 heterocycles. The molecule has 1 aromatic carbocycles. The van der Waals surface area contributed by atoms with Gasteiger partial charge in [-0.3, -0.25) is 0 Å². The van der Waals surface area contributed by atoms with Gasteiger partial charge >= 0.3 is 0 Å². The van der Waals surface area contributed by atoms with Crippen LogP contribution in [0.3, 0.4) is 0 Å². The molecule has 1 aliphatic rings. The molecule has 1 aliphatic carbocycles. The number of methoxy groups -OCH3 is 1. The van der Waals surface area contributed by atoms with Gasteiger partial charge in [-0.1, -0.05) is 6.07 Å². The van der Waals surface area contributed by atoms with E-state index in [1.54, 1.807) is 25.3 Å². The fourth-order valence-electron chi connectivity index (χ4n) is 1.72. The minimum atomic E-state index is -1.02. The second-order valence-electron chi connectivity index (χ2n) is 4.11. The van der Waals surface area contributed by atoms with Gasteiger partial charge in [-0.15, -0.1) is 0 Å². The van der Waals surface area contributed by atoms with Crippen molar-refractivity contribution in [1.82, 2.24) is 0 Å². The summed E-state index contributed by atoms with van der Waals surface area (Å²) in [5, 5.41) is 10.0. The highest BCUT2D eigenvalue weighted by molar-refractivity contribution is 5.44. The number of rotatable bonds is 3. The van der Waals surface area contributed by atoms with Crippen LogP contribution in [0, 0.1) is 0 Å². The first kappa shape index (κ1) is 10.4. The smallest absolute Gasteiger partial charge is 0.124 e. The van der Waals surface area contributed by atoms with Crippen molar-refractivity contribution in [3.8, 4) is 5.75 Å². The van der Waals surface area contributed by atoms with Crippen LogP contribution in [-0.2, 0) is 5.60 Å². The monoisotopic (exact) mass is 210 g/mol. The third-order valence-corrected chi connectivity index (χ3v) is 2.91. The topological polar surface area (TPSA) is 29.5 Å². The lowest BCUT2D eigenvalue weighted by atomic mass is 10.0. The molecular formula is C12H15FO2. The summed E-state index contributed by atoms with van der Waals surface area (Å²) in [5.74, 6) is 0.638. The Hall–Kier alpha value is -1.09. The molecule has 3 heteroatoms. The van der Waals surface area contributed by atoms with Crippen molar-refractivity contribution in [3.63, 3.8) is 0 Å². The minimum absolute atomic E-state index is 0.589. The second kappa shape index (κ2) is 3.49. The van der Waals surface area contributed by atoms with E-state index in [9.17, 15) is 9.50 Å². The van der Waals surface area contributed by atoms with Crippen molar-refractivity contribution in [2.75, 3.05) is 7.11 Å². The van der Waals surface area contributed by atoms with Crippen molar-refractivity contribution in [2.45, 2.75) is 31.5 Å². The number of hydrogen-bond acceptors (Lipinski definition) is 2. The Kier molecular flexibility index (Phi) is 2.43. The van der Waals surface area contributed by atoms with Crippen molar-refractivity contribution < 1.29 is 14.2 Å². The van der Waals surface area contributed by atoms with Crippen molar-refractivity contribution in [3.05, 3.63) is 29.3 Å². The molecule has 0 aliphatic heterocycles. The summed E-state index contributed by atoms with van der Waals surface area (Å²) in [4.78, 5) is 0. The molecule has 1 saturated carbocycles. The van der Waals surface area contributed by atoms with Gasteiger partial charge in [-0.25, -0.2) is 4.39 Å². The zero-order valence-corrected chi connectivity index (χ0v) is 8.96. The molecule has 1 atom stereocenters. The molecule has 1 aromatic rings. The van der Waals surface area contributed by atoms with Crippen molar-refractivity contribution in [2.24, 2.45) is 0 Å². The van der Waals surface area contributed by atoms with Gasteiger partial charge < -0.3 is 9.84 Å². The van der Waals surface area contributed by atoms with Crippen LogP contribution in [0.2, 0.25) is 0 Å². The van der Waals surface area contributed by atoms with Crippen LogP contribution >= 0.6 is 0 Å². The second-order valence-corrected chi connectivity index (χ2v) is 4.11. The number of halogens is 1. The normalized spacial score (nSPS) is 19.7. The predicted molar refractivity (Wildman–Crippen MR) is 55.6 cm³/mol. The molecule has 0 spiro atoms. The van der Waals surface area contributed by atoms with Crippen LogP contribution in [0.15, 0.2) is 18.2 Å². The average Bonchev–Trinajstić information content (AvgIpc) is 2.96. The summed E-state index contributed by atoms with van der Waals surface area (Å²) in [7, 11) is 1.56. The summed E-state index contributed by atoms with van der Waals surface area (Å²) in [6.45, 7) is 1.49. The lowest BCUT2D eigenvalue weighted by Crippen LogP contribution is -2.07. The van der Waals surface area contributed by atoms with E-state index in [0.717, 1.165) is 12.8 Å². The highest BCUT2D eigenvalue weighted by atomic mass is 19.1. The average molecular weight is 210 g/mol. The maximum Gasteiger partial charge on any atom is 0.124 e.